The van der Waals surface area contributed by atoms with Gasteiger partial charge in [-0.3, -0.25) is 4.90 Å². The van der Waals surface area contributed by atoms with Crippen LogP contribution in [0.15, 0.2) is 41.4 Å². The van der Waals surface area contributed by atoms with Crippen molar-refractivity contribution in [3.8, 4) is 5.69 Å². The Morgan fingerprint density at radius 2 is 1.79 bits per heavy atom. The fourth-order valence-corrected chi connectivity index (χ4v) is 6.01. The lowest BCUT2D eigenvalue weighted by atomic mass is 9.94. The van der Waals surface area contributed by atoms with Gasteiger partial charge in [0.15, 0.2) is 0 Å². The van der Waals surface area contributed by atoms with Crippen molar-refractivity contribution in [2.45, 2.75) is 30.6 Å². The highest BCUT2D eigenvalue weighted by atomic mass is 35.5. The lowest BCUT2D eigenvalue weighted by Gasteiger charge is -2.37. The summed E-state index contributed by atoms with van der Waals surface area (Å²) in [5.41, 5.74) is 4.52. The Hall–Kier alpha value is -1.41. The third-order valence-electron chi connectivity index (χ3n) is 5.91. The normalized spacial score (nSPS) is 16.2. The molecule has 4 rings (SSSR count). The van der Waals surface area contributed by atoms with Crippen LogP contribution in [0.1, 0.15) is 16.7 Å². The predicted octanol–water partition coefficient (Wildman–Crippen LogP) is 6.19. The zero-order chi connectivity index (χ0) is 23.7. The molecule has 0 N–H and O–H groups in total. The number of ether oxygens (including phenoxy) is 1. The summed E-state index contributed by atoms with van der Waals surface area (Å²) in [4.78, 5) is 4.54. The van der Waals surface area contributed by atoms with Crippen molar-refractivity contribution in [1.82, 2.24) is 14.7 Å². The fourth-order valence-electron chi connectivity index (χ4n) is 4.46. The van der Waals surface area contributed by atoms with Crippen molar-refractivity contribution in [1.29, 1.82) is 0 Å². The maximum absolute atomic E-state index is 6.58. The van der Waals surface area contributed by atoms with Gasteiger partial charge in [-0.05, 0) is 35.9 Å². The van der Waals surface area contributed by atoms with Gasteiger partial charge in [0.25, 0.3) is 0 Å². The Labute approximate surface area is 214 Å². The van der Waals surface area contributed by atoms with Gasteiger partial charge in [0.05, 0.1) is 16.7 Å². The summed E-state index contributed by atoms with van der Waals surface area (Å²) in [5.74, 6) is 0.945. The smallest absolute Gasteiger partial charge is 0.137 e. The average Bonchev–Trinajstić information content (AvgIpc) is 3.11. The maximum Gasteiger partial charge on any atom is 0.137 e. The number of fused-ring (bicyclic) bond motifs is 1. The van der Waals surface area contributed by atoms with Crippen molar-refractivity contribution in [3.63, 3.8) is 0 Å². The molecule has 0 bridgehead atoms. The summed E-state index contributed by atoms with van der Waals surface area (Å²) < 4.78 is 7.43. The molecule has 1 atom stereocenters. The van der Waals surface area contributed by atoms with Crippen LogP contribution < -0.4 is 4.90 Å². The zero-order valence-electron chi connectivity index (χ0n) is 19.1. The number of benzene rings is 2. The van der Waals surface area contributed by atoms with E-state index in [0.717, 1.165) is 35.9 Å². The molecule has 1 aromatic heterocycles. The molecule has 3 aromatic rings. The minimum atomic E-state index is 0.278. The van der Waals surface area contributed by atoms with Crippen LogP contribution in [0.25, 0.3) is 5.69 Å². The van der Waals surface area contributed by atoms with Crippen LogP contribution in [0.5, 0.6) is 0 Å². The Bertz CT molecular complexity index is 1130. The van der Waals surface area contributed by atoms with Gasteiger partial charge in [-0.1, -0.05) is 59.1 Å². The quantitative estimate of drug-likeness (QED) is 0.343. The molecule has 33 heavy (non-hydrogen) atoms. The highest BCUT2D eigenvalue weighted by Crippen LogP contribution is 2.39. The summed E-state index contributed by atoms with van der Waals surface area (Å²) in [7, 11) is 5.79. The fraction of sp³-hybridized carbons (Fsp3) is 0.375. The second-order valence-electron chi connectivity index (χ2n) is 8.32. The van der Waals surface area contributed by atoms with Crippen LogP contribution in [-0.2, 0) is 24.2 Å². The monoisotopic (exact) mass is 524 g/mol. The molecule has 0 saturated carbocycles. The molecule has 2 heterocycles. The molecule has 1 unspecified atom stereocenters. The predicted molar refractivity (Wildman–Crippen MR) is 140 cm³/mol. The summed E-state index contributed by atoms with van der Waals surface area (Å²) >= 11 is 20.9. The summed E-state index contributed by atoms with van der Waals surface area (Å²) in [5, 5.41) is 7.27. The molecule has 0 spiro atoms. The molecule has 9 heteroatoms. The largest absolute Gasteiger partial charge is 0.383 e. The Kier molecular flexibility index (Phi) is 7.83. The van der Waals surface area contributed by atoms with Gasteiger partial charge in [0, 0.05) is 50.9 Å². The van der Waals surface area contributed by atoms with E-state index in [-0.39, 0.29) is 6.04 Å². The van der Waals surface area contributed by atoms with E-state index in [1.807, 2.05) is 25.0 Å². The van der Waals surface area contributed by atoms with E-state index in [1.165, 1.54) is 11.1 Å². The van der Waals surface area contributed by atoms with Crippen LogP contribution in [0, 0.1) is 0 Å². The Morgan fingerprint density at radius 3 is 2.39 bits per heavy atom. The van der Waals surface area contributed by atoms with Crippen molar-refractivity contribution in [2.24, 2.45) is 0 Å². The second kappa shape index (κ2) is 10.5. The van der Waals surface area contributed by atoms with Crippen molar-refractivity contribution >= 4 is 52.4 Å². The first-order valence-electron chi connectivity index (χ1n) is 10.6. The molecule has 1 aliphatic rings. The lowest BCUT2D eigenvalue weighted by molar-refractivity contribution is 0.0718. The second-order valence-corrected chi connectivity index (χ2v) is 10.4. The first-order chi connectivity index (χ1) is 15.8. The van der Waals surface area contributed by atoms with E-state index in [4.69, 9.17) is 44.6 Å². The maximum atomic E-state index is 6.58. The van der Waals surface area contributed by atoms with Gasteiger partial charge in [-0.2, -0.15) is 5.10 Å². The molecule has 1 aliphatic heterocycles. The Morgan fingerprint density at radius 1 is 1.12 bits per heavy atom. The molecule has 0 amide bonds. The third kappa shape index (κ3) is 5.02. The number of aromatic nitrogens is 2. The number of anilines is 1. The number of halogens is 3. The first-order valence-corrected chi connectivity index (χ1v) is 13.0. The SMILES string of the molecule is COCC1Cc2ccccc2CN1Cc1c(SC)nn(-c2c(Cl)cc(Cl)cc2Cl)c1N(C)C. The first kappa shape index (κ1) is 24.7. The zero-order valence-corrected chi connectivity index (χ0v) is 22.2. The van der Waals surface area contributed by atoms with Gasteiger partial charge in [0.2, 0.25) is 0 Å². The minimum Gasteiger partial charge on any atom is -0.383 e. The molecular weight excluding hydrogens is 499 g/mol. The molecular formula is C24H27Cl3N4OS. The van der Waals surface area contributed by atoms with Gasteiger partial charge in [0.1, 0.15) is 16.5 Å². The van der Waals surface area contributed by atoms with Crippen molar-refractivity contribution in [2.75, 3.05) is 39.0 Å². The average molecular weight is 526 g/mol. The molecule has 5 nitrogen and oxygen atoms in total. The molecule has 2 aromatic carbocycles. The molecule has 0 fully saturated rings. The van der Waals surface area contributed by atoms with E-state index < -0.39 is 0 Å². The van der Waals surface area contributed by atoms with E-state index >= 15 is 0 Å². The lowest BCUT2D eigenvalue weighted by Crippen LogP contribution is -2.42. The van der Waals surface area contributed by atoms with Crippen molar-refractivity contribution < 1.29 is 4.74 Å². The number of nitrogens with zero attached hydrogens (tertiary/aromatic N) is 4. The van der Waals surface area contributed by atoms with Crippen LogP contribution >= 0.6 is 46.6 Å². The Balaban J connectivity index is 1.80. The molecule has 0 saturated heterocycles. The van der Waals surface area contributed by atoms with E-state index in [2.05, 4.69) is 34.1 Å². The number of thioether (sulfide) groups is 1. The number of hydrogen-bond donors (Lipinski definition) is 0. The van der Waals surface area contributed by atoms with Crippen LogP contribution in [0.2, 0.25) is 15.1 Å². The van der Waals surface area contributed by atoms with E-state index in [0.29, 0.717) is 27.4 Å². The number of rotatable bonds is 7. The number of methoxy groups -OCH3 is 1. The van der Waals surface area contributed by atoms with E-state index in [1.54, 1.807) is 31.0 Å². The highest BCUT2D eigenvalue weighted by Gasteiger charge is 2.30. The van der Waals surface area contributed by atoms with Crippen LogP contribution in [0.3, 0.4) is 0 Å². The number of hydrogen-bond acceptors (Lipinski definition) is 5. The van der Waals surface area contributed by atoms with Gasteiger partial charge < -0.3 is 9.64 Å². The summed E-state index contributed by atoms with van der Waals surface area (Å²) in [6, 6.07) is 12.3. The van der Waals surface area contributed by atoms with Gasteiger partial charge in [-0.15, -0.1) is 11.8 Å². The third-order valence-corrected chi connectivity index (χ3v) is 7.42. The van der Waals surface area contributed by atoms with Gasteiger partial charge >= 0.3 is 0 Å². The molecule has 0 radical (unpaired) electrons. The molecule has 0 aliphatic carbocycles. The highest BCUT2D eigenvalue weighted by molar-refractivity contribution is 7.98. The van der Waals surface area contributed by atoms with E-state index in [9.17, 15) is 0 Å². The molecule has 176 valence electrons. The van der Waals surface area contributed by atoms with Crippen LogP contribution in [0.4, 0.5) is 5.82 Å². The summed E-state index contributed by atoms with van der Waals surface area (Å²) in [6.07, 6.45) is 3.00. The summed E-state index contributed by atoms with van der Waals surface area (Å²) in [6.45, 7) is 2.26. The topological polar surface area (TPSA) is 33.5 Å². The van der Waals surface area contributed by atoms with Gasteiger partial charge in [-0.25, -0.2) is 4.68 Å². The van der Waals surface area contributed by atoms with Crippen molar-refractivity contribution in [3.05, 3.63) is 68.2 Å². The minimum absolute atomic E-state index is 0.278. The van der Waals surface area contributed by atoms with Crippen LogP contribution in [-0.4, -0.2) is 54.8 Å². The standard InChI is InChI=1S/C24H27Cl3N4OS/c1-29(2)24-19(13-30-12-16-8-6-5-7-15(16)9-18(30)14-32-3)23(33-4)28-31(24)22-20(26)10-17(25)11-21(22)27/h5-8,10-11,18H,9,12-14H2,1-4H3.